The molecular formula is C26H27N5O. The van der Waals surface area contributed by atoms with Crippen LogP contribution in [0.1, 0.15) is 24.0 Å². The molecule has 0 atom stereocenters. The standard InChI is InChI=1S/C26H27N5O/c32-22-11-14-31(15-12-22)17-20-6-8-21(9-7-20)24-16-23-25(28-18-29-26(23)30-24)27-13-10-19-4-2-1-3-5-19/h1-9,16,18H,10-15,17H2,(H2,27,28,29,30). The van der Waals surface area contributed by atoms with Gasteiger partial charge in [0.2, 0.25) is 0 Å². The van der Waals surface area contributed by atoms with E-state index >= 15 is 0 Å². The van der Waals surface area contributed by atoms with Crippen molar-refractivity contribution in [3.63, 3.8) is 0 Å². The van der Waals surface area contributed by atoms with Crippen LogP contribution in [0.2, 0.25) is 0 Å². The minimum atomic E-state index is 0.382. The zero-order valence-corrected chi connectivity index (χ0v) is 18.1. The highest BCUT2D eigenvalue weighted by atomic mass is 16.1. The maximum atomic E-state index is 11.4. The number of fused-ring (bicyclic) bond motifs is 1. The van der Waals surface area contributed by atoms with Crippen molar-refractivity contribution < 1.29 is 4.79 Å². The first-order valence-corrected chi connectivity index (χ1v) is 11.2. The number of piperidine rings is 1. The second kappa shape index (κ2) is 9.32. The van der Waals surface area contributed by atoms with Crippen molar-refractivity contribution in [2.45, 2.75) is 25.8 Å². The van der Waals surface area contributed by atoms with Crippen molar-refractivity contribution in [3.05, 3.63) is 78.1 Å². The predicted octanol–water partition coefficient (Wildman–Crippen LogP) is 4.44. The van der Waals surface area contributed by atoms with Crippen LogP contribution in [0.3, 0.4) is 0 Å². The van der Waals surface area contributed by atoms with Gasteiger partial charge in [0, 0.05) is 44.7 Å². The van der Waals surface area contributed by atoms with Gasteiger partial charge in [-0.15, -0.1) is 0 Å². The van der Waals surface area contributed by atoms with Crippen LogP contribution in [0.15, 0.2) is 67.0 Å². The van der Waals surface area contributed by atoms with Gasteiger partial charge in [0.15, 0.2) is 0 Å². The Morgan fingerprint density at radius 1 is 0.938 bits per heavy atom. The quantitative estimate of drug-likeness (QED) is 0.458. The molecule has 2 aromatic carbocycles. The lowest BCUT2D eigenvalue weighted by atomic mass is 10.1. The van der Waals surface area contributed by atoms with Gasteiger partial charge < -0.3 is 10.3 Å². The Labute approximate surface area is 187 Å². The Morgan fingerprint density at radius 3 is 2.50 bits per heavy atom. The average Bonchev–Trinajstić information content (AvgIpc) is 3.27. The number of rotatable bonds is 7. The van der Waals surface area contributed by atoms with Crippen LogP contribution in [0.4, 0.5) is 5.82 Å². The normalized spacial score (nSPS) is 14.7. The van der Waals surface area contributed by atoms with Crippen molar-refractivity contribution in [1.29, 1.82) is 0 Å². The Hall–Kier alpha value is -3.51. The zero-order chi connectivity index (χ0) is 21.8. The van der Waals surface area contributed by atoms with E-state index < -0.39 is 0 Å². The van der Waals surface area contributed by atoms with Crippen LogP contribution in [0, 0.1) is 0 Å². The number of H-pyrrole nitrogens is 1. The number of aromatic nitrogens is 3. The Kier molecular flexibility index (Phi) is 5.94. The van der Waals surface area contributed by atoms with Crippen LogP contribution in [0.5, 0.6) is 0 Å². The van der Waals surface area contributed by atoms with Gasteiger partial charge in [0.1, 0.15) is 23.6 Å². The Bertz CT molecular complexity index is 1190. The number of benzene rings is 2. The first kappa shape index (κ1) is 20.4. The summed E-state index contributed by atoms with van der Waals surface area (Å²) in [7, 11) is 0. The van der Waals surface area contributed by atoms with Crippen molar-refractivity contribution in [2.24, 2.45) is 0 Å². The summed E-state index contributed by atoms with van der Waals surface area (Å²) in [5.74, 6) is 1.23. The van der Waals surface area contributed by atoms with E-state index in [-0.39, 0.29) is 0 Å². The van der Waals surface area contributed by atoms with Gasteiger partial charge in [-0.05, 0) is 29.2 Å². The minimum absolute atomic E-state index is 0.382. The molecule has 6 nitrogen and oxygen atoms in total. The van der Waals surface area contributed by atoms with Crippen LogP contribution in [0.25, 0.3) is 22.3 Å². The van der Waals surface area contributed by atoms with E-state index in [0.717, 1.165) is 60.7 Å². The van der Waals surface area contributed by atoms with Crippen LogP contribution in [-0.4, -0.2) is 45.3 Å². The van der Waals surface area contributed by atoms with E-state index in [4.69, 9.17) is 0 Å². The van der Waals surface area contributed by atoms with Crippen molar-refractivity contribution >= 4 is 22.6 Å². The van der Waals surface area contributed by atoms with E-state index in [2.05, 4.69) is 79.8 Å². The van der Waals surface area contributed by atoms with Crippen molar-refractivity contribution in [1.82, 2.24) is 19.9 Å². The molecule has 0 amide bonds. The first-order valence-electron chi connectivity index (χ1n) is 11.2. The third-order valence-corrected chi connectivity index (χ3v) is 6.06. The predicted molar refractivity (Wildman–Crippen MR) is 127 cm³/mol. The third-order valence-electron chi connectivity index (χ3n) is 6.06. The molecule has 0 bridgehead atoms. The molecule has 2 aromatic heterocycles. The number of hydrogen-bond donors (Lipinski definition) is 2. The number of anilines is 1. The van der Waals surface area contributed by atoms with Crippen LogP contribution >= 0.6 is 0 Å². The van der Waals surface area contributed by atoms with Crippen LogP contribution in [-0.2, 0) is 17.8 Å². The summed E-state index contributed by atoms with van der Waals surface area (Å²) in [6.07, 6.45) is 3.89. The summed E-state index contributed by atoms with van der Waals surface area (Å²) in [5, 5.41) is 4.46. The molecule has 3 heterocycles. The summed E-state index contributed by atoms with van der Waals surface area (Å²) in [6.45, 7) is 3.43. The smallest absolute Gasteiger partial charge is 0.143 e. The Morgan fingerprint density at radius 2 is 1.72 bits per heavy atom. The molecule has 6 heteroatoms. The largest absolute Gasteiger partial charge is 0.369 e. The molecule has 162 valence electrons. The zero-order valence-electron chi connectivity index (χ0n) is 18.1. The summed E-state index contributed by atoms with van der Waals surface area (Å²) >= 11 is 0. The molecule has 5 rings (SSSR count). The van der Waals surface area contributed by atoms with E-state index in [0.29, 0.717) is 18.6 Å². The second-order valence-corrected chi connectivity index (χ2v) is 8.34. The van der Waals surface area contributed by atoms with Gasteiger partial charge in [-0.3, -0.25) is 9.69 Å². The van der Waals surface area contributed by atoms with E-state index in [1.54, 1.807) is 6.33 Å². The molecule has 0 aliphatic carbocycles. The molecule has 0 radical (unpaired) electrons. The van der Waals surface area contributed by atoms with Gasteiger partial charge in [-0.2, -0.15) is 0 Å². The average molecular weight is 426 g/mol. The number of carbonyl (C=O) groups is 1. The molecule has 1 aliphatic rings. The van der Waals surface area contributed by atoms with E-state index in [1.807, 2.05) is 6.07 Å². The highest BCUT2D eigenvalue weighted by Gasteiger charge is 2.16. The minimum Gasteiger partial charge on any atom is -0.369 e. The lowest BCUT2D eigenvalue weighted by Gasteiger charge is -2.25. The first-order chi connectivity index (χ1) is 15.7. The number of nitrogens with one attached hydrogen (secondary N) is 2. The number of ketones is 1. The topological polar surface area (TPSA) is 73.9 Å². The summed E-state index contributed by atoms with van der Waals surface area (Å²) in [4.78, 5) is 26.1. The third kappa shape index (κ3) is 4.70. The molecule has 1 fully saturated rings. The monoisotopic (exact) mass is 425 g/mol. The van der Waals surface area contributed by atoms with Gasteiger partial charge in [0.25, 0.3) is 0 Å². The maximum absolute atomic E-state index is 11.4. The molecule has 32 heavy (non-hydrogen) atoms. The van der Waals surface area contributed by atoms with Gasteiger partial charge in [0.05, 0.1) is 5.39 Å². The number of aromatic amines is 1. The fourth-order valence-electron chi connectivity index (χ4n) is 4.21. The SMILES string of the molecule is O=C1CCN(Cc2ccc(-c3cc4c(NCCc5ccccc5)ncnc4[nH]3)cc2)CC1. The fraction of sp³-hybridized carbons (Fsp3) is 0.269. The lowest BCUT2D eigenvalue weighted by molar-refractivity contribution is -0.121. The molecule has 4 aromatic rings. The van der Waals surface area contributed by atoms with Gasteiger partial charge in [-0.25, -0.2) is 9.97 Å². The number of hydrogen-bond acceptors (Lipinski definition) is 5. The molecule has 0 saturated carbocycles. The summed E-state index contributed by atoms with van der Waals surface area (Å²) in [6, 6.07) is 21.2. The highest BCUT2D eigenvalue weighted by molar-refractivity contribution is 5.91. The molecule has 2 N–H and O–H groups in total. The molecular weight excluding hydrogens is 398 g/mol. The number of Topliss-reactive ketones (excluding diaryl/α,β-unsaturated/α-hetero) is 1. The molecule has 0 unspecified atom stereocenters. The lowest BCUT2D eigenvalue weighted by Crippen LogP contribution is -2.33. The number of carbonyl (C=O) groups excluding carboxylic acids is 1. The van der Waals surface area contributed by atoms with E-state index in [1.165, 1.54) is 11.1 Å². The Balaban J connectivity index is 1.27. The van der Waals surface area contributed by atoms with Gasteiger partial charge >= 0.3 is 0 Å². The molecule has 0 spiro atoms. The number of nitrogens with zero attached hydrogens (tertiary/aromatic N) is 3. The summed E-state index contributed by atoms with van der Waals surface area (Å²) in [5.41, 5.74) is 5.55. The van der Waals surface area contributed by atoms with Crippen molar-refractivity contribution in [3.8, 4) is 11.3 Å². The molecule has 1 aliphatic heterocycles. The van der Waals surface area contributed by atoms with Crippen molar-refractivity contribution in [2.75, 3.05) is 25.0 Å². The van der Waals surface area contributed by atoms with Crippen LogP contribution < -0.4 is 5.32 Å². The fourth-order valence-corrected chi connectivity index (χ4v) is 4.21. The number of likely N-dealkylation sites (tertiary alicyclic amines) is 1. The highest BCUT2D eigenvalue weighted by Crippen LogP contribution is 2.27. The molecule has 1 saturated heterocycles. The van der Waals surface area contributed by atoms with E-state index in [9.17, 15) is 4.79 Å². The summed E-state index contributed by atoms with van der Waals surface area (Å²) < 4.78 is 0. The second-order valence-electron chi connectivity index (χ2n) is 8.34. The van der Waals surface area contributed by atoms with Gasteiger partial charge in [-0.1, -0.05) is 54.6 Å². The maximum Gasteiger partial charge on any atom is 0.143 e.